The Morgan fingerprint density at radius 2 is 1.95 bits per heavy atom. The van der Waals surface area contributed by atoms with Crippen molar-refractivity contribution in [1.29, 1.82) is 0 Å². The van der Waals surface area contributed by atoms with Crippen molar-refractivity contribution in [1.82, 2.24) is 4.72 Å². The number of benzene rings is 1. The molecule has 1 atom stereocenters. The maximum absolute atomic E-state index is 12.0. The number of nitrogens with two attached hydrogens (primary N) is 1. The quantitative estimate of drug-likeness (QED) is 0.815. The van der Waals surface area contributed by atoms with Gasteiger partial charge in [-0.3, -0.25) is 0 Å². The number of hydrogen-bond donors (Lipinski definition) is 2. The number of hydrogen-bond acceptors (Lipinski definition) is 3. The molecule has 0 heterocycles. The van der Waals surface area contributed by atoms with Gasteiger partial charge in [-0.25, -0.2) is 13.1 Å². The molecule has 0 saturated carbocycles. The van der Waals surface area contributed by atoms with Crippen molar-refractivity contribution in [3.8, 4) is 0 Å². The molecule has 0 fully saturated rings. The van der Waals surface area contributed by atoms with Crippen molar-refractivity contribution in [3.63, 3.8) is 0 Å². The fourth-order valence-corrected chi connectivity index (χ4v) is 2.74. The van der Waals surface area contributed by atoms with Gasteiger partial charge in [0.2, 0.25) is 10.0 Å². The molecule has 19 heavy (non-hydrogen) atoms. The first kappa shape index (κ1) is 16.0. The summed E-state index contributed by atoms with van der Waals surface area (Å²) < 4.78 is 26.6. The molecule has 0 aliphatic carbocycles. The lowest BCUT2D eigenvalue weighted by molar-refractivity contribution is 0.263. The lowest BCUT2D eigenvalue weighted by Gasteiger charge is -2.27. The number of nitrogens with one attached hydrogen (secondary N) is 1. The SMILES string of the molecule is CC(CNS(=O)(=O)Cc1cccc(N)c1)C(C)(C)C. The van der Waals surface area contributed by atoms with Crippen molar-refractivity contribution in [2.24, 2.45) is 11.3 Å². The van der Waals surface area contributed by atoms with Gasteiger partial charge in [0.05, 0.1) is 5.75 Å². The lowest BCUT2D eigenvalue weighted by atomic mass is 9.82. The molecule has 1 aromatic carbocycles. The highest BCUT2D eigenvalue weighted by atomic mass is 32.2. The van der Waals surface area contributed by atoms with E-state index in [0.717, 1.165) is 0 Å². The van der Waals surface area contributed by atoms with Crippen molar-refractivity contribution >= 4 is 15.7 Å². The summed E-state index contributed by atoms with van der Waals surface area (Å²) in [5.74, 6) is 0.234. The summed E-state index contributed by atoms with van der Waals surface area (Å²) in [6.45, 7) is 8.80. The Labute approximate surface area is 116 Å². The molecule has 0 spiro atoms. The normalized spacial score (nSPS) is 14.3. The Morgan fingerprint density at radius 3 is 2.47 bits per heavy atom. The molecule has 0 radical (unpaired) electrons. The summed E-state index contributed by atoms with van der Waals surface area (Å²) in [5.41, 5.74) is 7.01. The van der Waals surface area contributed by atoms with Gasteiger partial charge in [0.1, 0.15) is 0 Å². The molecule has 0 aliphatic rings. The second kappa shape index (κ2) is 5.92. The van der Waals surface area contributed by atoms with Crippen LogP contribution in [0.3, 0.4) is 0 Å². The van der Waals surface area contributed by atoms with Crippen LogP contribution >= 0.6 is 0 Å². The van der Waals surface area contributed by atoms with Crippen LogP contribution in [0.25, 0.3) is 0 Å². The Bertz CT molecular complexity index is 518. The third kappa shape index (κ3) is 5.61. The van der Waals surface area contributed by atoms with E-state index >= 15 is 0 Å². The second-order valence-corrected chi connectivity index (χ2v) is 7.93. The van der Waals surface area contributed by atoms with Gasteiger partial charge in [0.15, 0.2) is 0 Å². The van der Waals surface area contributed by atoms with Crippen LogP contribution in [0.15, 0.2) is 24.3 Å². The van der Waals surface area contributed by atoms with E-state index < -0.39 is 10.0 Å². The minimum Gasteiger partial charge on any atom is -0.399 e. The zero-order valence-corrected chi connectivity index (χ0v) is 12.9. The van der Waals surface area contributed by atoms with Crippen LogP contribution in [0.2, 0.25) is 0 Å². The van der Waals surface area contributed by atoms with E-state index in [-0.39, 0.29) is 17.1 Å². The zero-order chi connectivity index (χ0) is 14.7. The highest BCUT2D eigenvalue weighted by Crippen LogP contribution is 2.24. The molecule has 4 nitrogen and oxygen atoms in total. The molecular formula is C14H24N2O2S. The second-order valence-electron chi connectivity index (χ2n) is 6.12. The molecule has 1 rings (SSSR count). The van der Waals surface area contributed by atoms with Gasteiger partial charge in [-0.15, -0.1) is 0 Å². The van der Waals surface area contributed by atoms with Gasteiger partial charge in [0, 0.05) is 12.2 Å². The smallest absolute Gasteiger partial charge is 0.215 e. The van der Waals surface area contributed by atoms with Crippen LogP contribution in [0.1, 0.15) is 33.3 Å². The minimum absolute atomic E-state index is 0.0328. The van der Waals surface area contributed by atoms with Crippen LogP contribution in [0.4, 0.5) is 5.69 Å². The molecule has 0 saturated heterocycles. The predicted octanol–water partition coefficient (Wildman–Crippen LogP) is 2.37. The Balaban J connectivity index is 2.63. The van der Waals surface area contributed by atoms with E-state index in [1.807, 2.05) is 6.92 Å². The number of rotatable bonds is 5. The van der Waals surface area contributed by atoms with E-state index in [2.05, 4.69) is 25.5 Å². The van der Waals surface area contributed by atoms with Crippen LogP contribution in [-0.4, -0.2) is 15.0 Å². The van der Waals surface area contributed by atoms with Gasteiger partial charge in [-0.2, -0.15) is 0 Å². The molecule has 0 bridgehead atoms. The number of sulfonamides is 1. The zero-order valence-electron chi connectivity index (χ0n) is 12.1. The summed E-state index contributed by atoms with van der Waals surface area (Å²) in [7, 11) is -3.31. The largest absolute Gasteiger partial charge is 0.399 e. The summed E-state index contributed by atoms with van der Waals surface area (Å²) >= 11 is 0. The summed E-state index contributed by atoms with van der Waals surface area (Å²) in [5, 5.41) is 0. The standard InChI is InChI=1S/C14H24N2O2S/c1-11(14(2,3)4)9-16-19(17,18)10-12-6-5-7-13(15)8-12/h5-8,11,16H,9-10,15H2,1-4H3. The highest BCUT2D eigenvalue weighted by Gasteiger charge is 2.22. The molecular weight excluding hydrogens is 260 g/mol. The van der Waals surface area contributed by atoms with E-state index in [0.29, 0.717) is 17.8 Å². The topological polar surface area (TPSA) is 72.2 Å². The molecule has 0 amide bonds. The Kier molecular flexibility index (Phi) is 4.98. The average molecular weight is 284 g/mol. The van der Waals surface area contributed by atoms with Crippen LogP contribution < -0.4 is 10.5 Å². The predicted molar refractivity (Wildman–Crippen MR) is 80.1 cm³/mol. The Morgan fingerprint density at radius 1 is 1.32 bits per heavy atom. The van der Waals surface area contributed by atoms with Gasteiger partial charge < -0.3 is 5.73 Å². The van der Waals surface area contributed by atoms with Gasteiger partial charge >= 0.3 is 0 Å². The third-order valence-corrected chi connectivity index (χ3v) is 4.72. The minimum atomic E-state index is -3.31. The lowest BCUT2D eigenvalue weighted by Crippen LogP contribution is -2.34. The summed E-state index contributed by atoms with van der Waals surface area (Å²) in [6.07, 6.45) is 0. The fourth-order valence-electron chi connectivity index (χ4n) is 1.51. The van der Waals surface area contributed by atoms with Crippen LogP contribution in [0, 0.1) is 11.3 Å². The van der Waals surface area contributed by atoms with Gasteiger partial charge in [-0.05, 0) is 29.0 Å². The number of anilines is 1. The number of nitrogen functional groups attached to an aromatic ring is 1. The van der Waals surface area contributed by atoms with Crippen molar-refractivity contribution in [3.05, 3.63) is 29.8 Å². The fraction of sp³-hybridized carbons (Fsp3) is 0.571. The molecule has 108 valence electrons. The maximum Gasteiger partial charge on any atom is 0.215 e. The summed E-state index contributed by atoms with van der Waals surface area (Å²) in [6, 6.07) is 6.96. The van der Waals surface area contributed by atoms with E-state index in [1.54, 1.807) is 24.3 Å². The molecule has 0 aromatic heterocycles. The van der Waals surface area contributed by atoms with Gasteiger partial charge in [0.25, 0.3) is 0 Å². The van der Waals surface area contributed by atoms with Crippen molar-refractivity contribution in [2.45, 2.75) is 33.4 Å². The highest BCUT2D eigenvalue weighted by molar-refractivity contribution is 7.88. The van der Waals surface area contributed by atoms with E-state index in [9.17, 15) is 8.42 Å². The van der Waals surface area contributed by atoms with Crippen LogP contribution in [0.5, 0.6) is 0 Å². The van der Waals surface area contributed by atoms with Crippen LogP contribution in [-0.2, 0) is 15.8 Å². The average Bonchev–Trinajstić information content (AvgIpc) is 2.24. The Hall–Kier alpha value is -1.07. The molecule has 1 unspecified atom stereocenters. The first-order valence-electron chi connectivity index (χ1n) is 6.42. The molecule has 1 aromatic rings. The maximum atomic E-state index is 12.0. The molecule has 5 heteroatoms. The molecule has 3 N–H and O–H groups in total. The third-order valence-electron chi connectivity index (χ3n) is 3.40. The first-order valence-corrected chi connectivity index (χ1v) is 8.07. The van der Waals surface area contributed by atoms with E-state index in [4.69, 9.17) is 5.73 Å². The molecule has 0 aliphatic heterocycles. The first-order chi connectivity index (χ1) is 8.60. The van der Waals surface area contributed by atoms with E-state index in [1.165, 1.54) is 0 Å². The summed E-state index contributed by atoms with van der Waals surface area (Å²) in [4.78, 5) is 0. The van der Waals surface area contributed by atoms with Gasteiger partial charge in [-0.1, -0.05) is 39.8 Å². The van der Waals surface area contributed by atoms with Crippen molar-refractivity contribution in [2.75, 3.05) is 12.3 Å². The van der Waals surface area contributed by atoms with Crippen molar-refractivity contribution < 1.29 is 8.42 Å². The monoisotopic (exact) mass is 284 g/mol.